The molecule has 0 heterocycles. The number of nitrogens with one attached hydrogen (secondary N) is 1. The number of hydrogen-bond acceptors (Lipinski definition) is 3. The van der Waals surface area contributed by atoms with Crippen molar-refractivity contribution in [1.29, 1.82) is 0 Å². The minimum Gasteiger partial charge on any atom is -0.479 e. The Morgan fingerprint density at radius 1 is 1.33 bits per heavy atom. The normalized spacial score (nSPS) is 11.9. The van der Waals surface area contributed by atoms with Crippen LogP contribution in [0.1, 0.15) is 6.92 Å². The van der Waals surface area contributed by atoms with Gasteiger partial charge in [0.15, 0.2) is 6.10 Å². The molecule has 0 bridgehead atoms. The van der Waals surface area contributed by atoms with Crippen molar-refractivity contribution in [2.45, 2.75) is 13.0 Å². The monoisotopic (exact) mass is 259 g/mol. The molecule has 0 fully saturated rings. The highest BCUT2D eigenvalue weighted by molar-refractivity contribution is 5.91. The lowest BCUT2D eigenvalue weighted by molar-refractivity contribution is -0.150. The Kier molecular flexibility index (Phi) is 4.73. The Labute approximate surface area is 101 Å². The fourth-order valence-corrected chi connectivity index (χ4v) is 1.10. The van der Waals surface area contributed by atoms with Gasteiger partial charge in [0.1, 0.15) is 18.2 Å². The van der Waals surface area contributed by atoms with Crippen LogP contribution in [-0.2, 0) is 14.3 Å². The van der Waals surface area contributed by atoms with Gasteiger partial charge in [-0.15, -0.1) is 0 Å². The van der Waals surface area contributed by atoms with E-state index in [0.717, 1.165) is 12.1 Å². The molecule has 1 unspecified atom stereocenters. The number of carbonyl (C=O) groups excluding carboxylic acids is 1. The second-order valence-corrected chi connectivity index (χ2v) is 3.50. The molecule has 0 saturated heterocycles. The molecule has 1 aromatic carbocycles. The molecule has 1 aromatic rings. The van der Waals surface area contributed by atoms with Crippen molar-refractivity contribution < 1.29 is 28.2 Å². The first-order chi connectivity index (χ1) is 8.38. The lowest BCUT2D eigenvalue weighted by atomic mass is 10.3. The molecule has 18 heavy (non-hydrogen) atoms. The van der Waals surface area contributed by atoms with Gasteiger partial charge in [0.2, 0.25) is 5.91 Å². The van der Waals surface area contributed by atoms with Crippen molar-refractivity contribution in [2.75, 3.05) is 11.9 Å². The number of carboxylic acids is 1. The van der Waals surface area contributed by atoms with Gasteiger partial charge >= 0.3 is 5.97 Å². The maximum atomic E-state index is 12.8. The third kappa shape index (κ3) is 4.46. The molecular formula is C11H11F2NO4. The topological polar surface area (TPSA) is 75.6 Å². The van der Waals surface area contributed by atoms with E-state index < -0.39 is 36.2 Å². The zero-order valence-electron chi connectivity index (χ0n) is 9.44. The fourth-order valence-electron chi connectivity index (χ4n) is 1.10. The molecule has 0 aliphatic carbocycles. The van der Waals surface area contributed by atoms with Crippen LogP contribution in [0, 0.1) is 11.6 Å². The molecule has 1 rings (SSSR count). The Hall–Kier alpha value is -2.02. The summed E-state index contributed by atoms with van der Waals surface area (Å²) in [5.74, 6) is -3.57. The summed E-state index contributed by atoms with van der Waals surface area (Å²) in [5.41, 5.74) is -0.0657. The van der Waals surface area contributed by atoms with Crippen LogP contribution in [0.2, 0.25) is 0 Å². The Bertz CT molecular complexity index is 444. The molecule has 0 aromatic heterocycles. The van der Waals surface area contributed by atoms with Crippen molar-refractivity contribution in [3.63, 3.8) is 0 Å². The van der Waals surface area contributed by atoms with Crippen LogP contribution >= 0.6 is 0 Å². The number of aliphatic carboxylic acids is 1. The largest absolute Gasteiger partial charge is 0.479 e. The molecule has 2 N–H and O–H groups in total. The summed E-state index contributed by atoms with van der Waals surface area (Å²) in [6.45, 7) is 0.739. The summed E-state index contributed by atoms with van der Waals surface area (Å²) in [4.78, 5) is 21.7. The zero-order valence-corrected chi connectivity index (χ0v) is 9.44. The number of halogens is 2. The number of benzene rings is 1. The predicted molar refractivity (Wildman–Crippen MR) is 58.0 cm³/mol. The first-order valence-corrected chi connectivity index (χ1v) is 4.99. The van der Waals surface area contributed by atoms with Gasteiger partial charge in [0.25, 0.3) is 0 Å². The maximum absolute atomic E-state index is 12.8. The van der Waals surface area contributed by atoms with Gasteiger partial charge in [0.05, 0.1) is 0 Å². The molecule has 0 aliphatic heterocycles. The van der Waals surface area contributed by atoms with Gasteiger partial charge in [0, 0.05) is 11.8 Å². The van der Waals surface area contributed by atoms with Gasteiger partial charge in [-0.3, -0.25) is 4.79 Å². The van der Waals surface area contributed by atoms with Crippen LogP contribution in [0.3, 0.4) is 0 Å². The molecule has 5 nitrogen and oxygen atoms in total. The predicted octanol–water partition coefficient (Wildman–Crippen LogP) is 1.39. The number of carboxylic acid groups (broad SMARTS) is 1. The van der Waals surface area contributed by atoms with E-state index in [1.807, 2.05) is 0 Å². The van der Waals surface area contributed by atoms with E-state index in [1.54, 1.807) is 0 Å². The molecule has 0 aliphatic rings. The van der Waals surface area contributed by atoms with E-state index in [4.69, 9.17) is 9.84 Å². The van der Waals surface area contributed by atoms with E-state index in [9.17, 15) is 18.4 Å². The lowest BCUT2D eigenvalue weighted by Gasteiger charge is -2.09. The quantitative estimate of drug-likeness (QED) is 0.837. The van der Waals surface area contributed by atoms with Crippen LogP contribution in [0.25, 0.3) is 0 Å². The van der Waals surface area contributed by atoms with Gasteiger partial charge in [-0.1, -0.05) is 0 Å². The second-order valence-electron chi connectivity index (χ2n) is 3.50. The smallest absolute Gasteiger partial charge is 0.332 e. The molecule has 0 spiro atoms. The third-order valence-corrected chi connectivity index (χ3v) is 1.96. The molecule has 7 heteroatoms. The summed E-state index contributed by atoms with van der Waals surface area (Å²) >= 11 is 0. The molecule has 98 valence electrons. The Balaban J connectivity index is 2.52. The van der Waals surface area contributed by atoms with Gasteiger partial charge in [-0.25, -0.2) is 13.6 Å². The average Bonchev–Trinajstić information content (AvgIpc) is 2.24. The van der Waals surface area contributed by atoms with E-state index in [2.05, 4.69) is 5.32 Å². The van der Waals surface area contributed by atoms with Crippen molar-refractivity contribution in [2.24, 2.45) is 0 Å². The number of ether oxygens (including phenoxy) is 1. The van der Waals surface area contributed by atoms with Crippen LogP contribution < -0.4 is 5.32 Å². The minimum absolute atomic E-state index is 0.0657. The highest BCUT2D eigenvalue weighted by Crippen LogP contribution is 2.12. The number of rotatable bonds is 5. The Morgan fingerprint density at radius 2 is 1.89 bits per heavy atom. The average molecular weight is 259 g/mol. The van der Waals surface area contributed by atoms with Crippen molar-refractivity contribution >= 4 is 17.6 Å². The molecule has 0 saturated carbocycles. The summed E-state index contributed by atoms with van der Waals surface area (Å²) in [6, 6.07) is 2.53. The van der Waals surface area contributed by atoms with Gasteiger partial charge in [-0.2, -0.15) is 0 Å². The summed E-state index contributed by atoms with van der Waals surface area (Å²) in [6.07, 6.45) is -1.14. The number of carbonyl (C=O) groups is 2. The fraction of sp³-hybridized carbons (Fsp3) is 0.273. The highest BCUT2D eigenvalue weighted by Gasteiger charge is 2.13. The standard InChI is InChI=1S/C11H11F2NO4/c1-6(11(16)17)18-5-10(15)14-9-3-7(12)2-8(13)4-9/h2-4,6H,5H2,1H3,(H,14,15)(H,16,17). The van der Waals surface area contributed by atoms with Gasteiger partial charge in [-0.05, 0) is 19.1 Å². The summed E-state index contributed by atoms with van der Waals surface area (Å²) < 4.78 is 30.3. The van der Waals surface area contributed by atoms with Crippen LogP contribution in [-0.4, -0.2) is 29.7 Å². The van der Waals surface area contributed by atoms with E-state index in [-0.39, 0.29) is 5.69 Å². The third-order valence-electron chi connectivity index (χ3n) is 1.96. The first-order valence-electron chi connectivity index (χ1n) is 4.99. The van der Waals surface area contributed by atoms with Crippen LogP contribution in [0.5, 0.6) is 0 Å². The number of amides is 1. The van der Waals surface area contributed by atoms with E-state index >= 15 is 0 Å². The number of hydrogen-bond donors (Lipinski definition) is 2. The molecule has 1 atom stereocenters. The highest BCUT2D eigenvalue weighted by atomic mass is 19.1. The van der Waals surface area contributed by atoms with E-state index in [1.165, 1.54) is 6.92 Å². The first kappa shape index (κ1) is 14.0. The second kappa shape index (κ2) is 6.06. The molecular weight excluding hydrogens is 248 g/mol. The lowest BCUT2D eigenvalue weighted by Crippen LogP contribution is -2.26. The molecule has 0 radical (unpaired) electrons. The summed E-state index contributed by atoms with van der Waals surface area (Å²) in [7, 11) is 0. The minimum atomic E-state index is -1.21. The zero-order chi connectivity index (χ0) is 13.7. The molecule has 1 amide bonds. The number of anilines is 1. The van der Waals surface area contributed by atoms with Gasteiger partial charge < -0.3 is 15.2 Å². The van der Waals surface area contributed by atoms with Crippen molar-refractivity contribution in [3.8, 4) is 0 Å². The summed E-state index contributed by atoms with van der Waals surface area (Å²) in [5, 5.41) is 10.7. The van der Waals surface area contributed by atoms with Crippen molar-refractivity contribution in [3.05, 3.63) is 29.8 Å². The van der Waals surface area contributed by atoms with Crippen LogP contribution in [0.4, 0.5) is 14.5 Å². The van der Waals surface area contributed by atoms with Crippen LogP contribution in [0.15, 0.2) is 18.2 Å². The van der Waals surface area contributed by atoms with E-state index in [0.29, 0.717) is 6.07 Å². The SMILES string of the molecule is CC(OCC(=O)Nc1cc(F)cc(F)c1)C(=O)O. The Morgan fingerprint density at radius 3 is 2.39 bits per heavy atom. The maximum Gasteiger partial charge on any atom is 0.332 e. The van der Waals surface area contributed by atoms with Crippen molar-refractivity contribution in [1.82, 2.24) is 0 Å².